The smallest absolute Gasteiger partial charge is 0.240 e. The number of sulfonamides is 1. The minimum absolute atomic E-state index is 0.230. The van der Waals surface area contributed by atoms with Gasteiger partial charge in [-0.1, -0.05) is 12.1 Å². The SMILES string of the molecule is CCOCC(C)NS(=O)(=O)c1cccc(CN)c1. The van der Waals surface area contributed by atoms with Gasteiger partial charge in [0, 0.05) is 19.2 Å². The van der Waals surface area contributed by atoms with E-state index in [1.807, 2.05) is 6.92 Å². The van der Waals surface area contributed by atoms with Crippen LogP contribution in [0.3, 0.4) is 0 Å². The summed E-state index contributed by atoms with van der Waals surface area (Å²) in [7, 11) is -3.51. The van der Waals surface area contributed by atoms with Crippen LogP contribution in [0.15, 0.2) is 29.2 Å². The maximum Gasteiger partial charge on any atom is 0.240 e. The van der Waals surface area contributed by atoms with E-state index in [1.54, 1.807) is 31.2 Å². The Morgan fingerprint density at radius 1 is 1.44 bits per heavy atom. The Hall–Kier alpha value is -0.950. The lowest BCUT2D eigenvalue weighted by molar-refractivity contribution is 0.133. The Bertz CT molecular complexity index is 474. The van der Waals surface area contributed by atoms with Gasteiger partial charge in [-0.3, -0.25) is 0 Å². The van der Waals surface area contributed by atoms with Crippen LogP contribution in [0.25, 0.3) is 0 Å². The van der Waals surface area contributed by atoms with Crippen molar-refractivity contribution in [3.05, 3.63) is 29.8 Å². The van der Waals surface area contributed by atoms with Gasteiger partial charge in [-0.15, -0.1) is 0 Å². The predicted octanol–water partition coefficient (Wildman–Crippen LogP) is 0.849. The second-order valence-electron chi connectivity index (χ2n) is 4.03. The van der Waals surface area contributed by atoms with Crippen molar-refractivity contribution < 1.29 is 13.2 Å². The molecule has 6 heteroatoms. The molecule has 0 fully saturated rings. The maximum atomic E-state index is 12.1. The number of benzene rings is 1. The third kappa shape index (κ3) is 4.38. The molecule has 3 N–H and O–H groups in total. The highest BCUT2D eigenvalue weighted by atomic mass is 32.2. The number of nitrogens with one attached hydrogen (secondary N) is 1. The lowest BCUT2D eigenvalue weighted by atomic mass is 10.2. The maximum absolute atomic E-state index is 12.1. The quantitative estimate of drug-likeness (QED) is 0.771. The van der Waals surface area contributed by atoms with E-state index in [9.17, 15) is 8.42 Å². The fraction of sp³-hybridized carbons (Fsp3) is 0.500. The van der Waals surface area contributed by atoms with Crippen LogP contribution in [-0.4, -0.2) is 27.7 Å². The zero-order chi connectivity index (χ0) is 13.6. The van der Waals surface area contributed by atoms with Crippen LogP contribution in [0.4, 0.5) is 0 Å². The molecular weight excluding hydrogens is 252 g/mol. The molecule has 0 aliphatic carbocycles. The van der Waals surface area contributed by atoms with Gasteiger partial charge in [0.2, 0.25) is 10.0 Å². The minimum Gasteiger partial charge on any atom is -0.380 e. The van der Waals surface area contributed by atoms with Crippen molar-refractivity contribution in [1.82, 2.24) is 4.72 Å². The Morgan fingerprint density at radius 2 is 2.17 bits per heavy atom. The molecule has 1 unspecified atom stereocenters. The van der Waals surface area contributed by atoms with Gasteiger partial charge >= 0.3 is 0 Å². The van der Waals surface area contributed by atoms with Crippen LogP contribution < -0.4 is 10.5 Å². The van der Waals surface area contributed by atoms with E-state index in [-0.39, 0.29) is 10.9 Å². The molecule has 0 aromatic heterocycles. The molecule has 0 heterocycles. The largest absolute Gasteiger partial charge is 0.380 e. The summed E-state index contributed by atoms with van der Waals surface area (Å²) in [5.74, 6) is 0. The molecule has 0 spiro atoms. The molecule has 1 aromatic rings. The molecular formula is C12H20N2O3S. The van der Waals surface area contributed by atoms with Crippen molar-refractivity contribution in [2.45, 2.75) is 31.3 Å². The Kier molecular flexibility index (Phi) is 5.74. The van der Waals surface area contributed by atoms with E-state index in [2.05, 4.69) is 4.72 Å². The van der Waals surface area contributed by atoms with E-state index >= 15 is 0 Å². The van der Waals surface area contributed by atoms with E-state index in [4.69, 9.17) is 10.5 Å². The van der Waals surface area contributed by atoms with E-state index in [0.717, 1.165) is 5.56 Å². The third-order valence-electron chi connectivity index (χ3n) is 2.37. The molecule has 18 heavy (non-hydrogen) atoms. The highest BCUT2D eigenvalue weighted by molar-refractivity contribution is 7.89. The average molecular weight is 272 g/mol. The molecule has 1 atom stereocenters. The molecule has 0 radical (unpaired) electrons. The zero-order valence-electron chi connectivity index (χ0n) is 10.7. The van der Waals surface area contributed by atoms with Crippen LogP contribution in [0, 0.1) is 0 Å². The molecule has 0 saturated heterocycles. The lowest BCUT2D eigenvalue weighted by Gasteiger charge is -2.14. The van der Waals surface area contributed by atoms with Gasteiger partial charge < -0.3 is 10.5 Å². The Morgan fingerprint density at radius 3 is 2.78 bits per heavy atom. The van der Waals surface area contributed by atoms with Gasteiger partial charge in [-0.05, 0) is 31.5 Å². The predicted molar refractivity (Wildman–Crippen MR) is 70.6 cm³/mol. The van der Waals surface area contributed by atoms with Crippen molar-refractivity contribution in [3.63, 3.8) is 0 Å². The average Bonchev–Trinajstić information content (AvgIpc) is 2.36. The van der Waals surface area contributed by atoms with Crippen LogP contribution in [0.2, 0.25) is 0 Å². The summed E-state index contributed by atoms with van der Waals surface area (Å²) in [4.78, 5) is 0.230. The monoisotopic (exact) mass is 272 g/mol. The number of ether oxygens (including phenoxy) is 1. The summed E-state index contributed by atoms with van der Waals surface area (Å²) < 4.78 is 31.9. The first-order chi connectivity index (χ1) is 8.49. The first kappa shape index (κ1) is 15.1. The van der Waals surface area contributed by atoms with Gasteiger partial charge in [0.1, 0.15) is 0 Å². The van der Waals surface area contributed by atoms with Gasteiger partial charge in [0.05, 0.1) is 11.5 Å². The molecule has 0 aliphatic rings. The second kappa shape index (κ2) is 6.84. The summed E-state index contributed by atoms with van der Waals surface area (Å²) in [5.41, 5.74) is 6.28. The van der Waals surface area contributed by atoms with Crippen molar-refractivity contribution in [2.24, 2.45) is 5.73 Å². The summed E-state index contributed by atoms with van der Waals surface area (Å²) in [6, 6.07) is 6.34. The third-order valence-corrected chi connectivity index (χ3v) is 3.96. The van der Waals surface area contributed by atoms with Gasteiger partial charge in [0.15, 0.2) is 0 Å². The molecule has 0 aliphatic heterocycles. The first-order valence-electron chi connectivity index (χ1n) is 5.88. The van der Waals surface area contributed by atoms with E-state index in [0.29, 0.717) is 19.8 Å². The standard InChI is InChI=1S/C12H20N2O3S/c1-3-17-9-10(2)14-18(15,16)12-6-4-5-11(7-12)8-13/h4-7,10,14H,3,8-9,13H2,1-2H3. The summed E-state index contributed by atoms with van der Waals surface area (Å²) in [6.45, 7) is 4.87. The van der Waals surface area contributed by atoms with Crippen molar-refractivity contribution in [2.75, 3.05) is 13.2 Å². The van der Waals surface area contributed by atoms with E-state index < -0.39 is 10.0 Å². The normalized spacial score (nSPS) is 13.5. The van der Waals surface area contributed by atoms with Crippen LogP contribution in [-0.2, 0) is 21.3 Å². The van der Waals surface area contributed by atoms with Crippen LogP contribution >= 0.6 is 0 Å². The van der Waals surface area contributed by atoms with E-state index in [1.165, 1.54) is 0 Å². The zero-order valence-corrected chi connectivity index (χ0v) is 11.5. The van der Waals surface area contributed by atoms with Crippen LogP contribution in [0.1, 0.15) is 19.4 Å². The molecule has 0 saturated carbocycles. The number of rotatable bonds is 7. The van der Waals surface area contributed by atoms with Gasteiger partial charge in [-0.25, -0.2) is 13.1 Å². The Labute approximate surface area is 108 Å². The number of hydrogen-bond donors (Lipinski definition) is 2. The number of hydrogen-bond acceptors (Lipinski definition) is 4. The highest BCUT2D eigenvalue weighted by Crippen LogP contribution is 2.11. The summed E-state index contributed by atoms with van der Waals surface area (Å²) in [5, 5.41) is 0. The van der Waals surface area contributed by atoms with Gasteiger partial charge in [-0.2, -0.15) is 0 Å². The molecule has 0 amide bonds. The van der Waals surface area contributed by atoms with Crippen molar-refractivity contribution in [3.8, 4) is 0 Å². The van der Waals surface area contributed by atoms with Crippen molar-refractivity contribution >= 4 is 10.0 Å². The second-order valence-corrected chi connectivity index (χ2v) is 5.75. The first-order valence-corrected chi connectivity index (χ1v) is 7.37. The van der Waals surface area contributed by atoms with Gasteiger partial charge in [0.25, 0.3) is 0 Å². The molecule has 102 valence electrons. The highest BCUT2D eigenvalue weighted by Gasteiger charge is 2.17. The fourth-order valence-corrected chi connectivity index (χ4v) is 2.80. The Balaban J connectivity index is 2.79. The summed E-state index contributed by atoms with van der Waals surface area (Å²) in [6.07, 6.45) is 0. The lowest BCUT2D eigenvalue weighted by Crippen LogP contribution is -2.35. The number of nitrogens with two attached hydrogens (primary N) is 1. The molecule has 5 nitrogen and oxygen atoms in total. The van der Waals surface area contributed by atoms with Crippen LogP contribution in [0.5, 0.6) is 0 Å². The fourth-order valence-electron chi connectivity index (χ4n) is 1.50. The summed E-state index contributed by atoms with van der Waals surface area (Å²) >= 11 is 0. The minimum atomic E-state index is -3.51. The van der Waals surface area contributed by atoms with Crippen molar-refractivity contribution in [1.29, 1.82) is 0 Å². The molecule has 1 aromatic carbocycles. The molecule has 0 bridgehead atoms. The topological polar surface area (TPSA) is 81.4 Å². The molecule has 1 rings (SSSR count).